The van der Waals surface area contributed by atoms with Gasteiger partial charge in [0, 0.05) is 40.5 Å². The second-order valence-electron chi connectivity index (χ2n) is 6.72. The van der Waals surface area contributed by atoms with E-state index in [1.54, 1.807) is 36.4 Å². The first-order valence-electron chi connectivity index (χ1n) is 9.16. The van der Waals surface area contributed by atoms with E-state index in [0.29, 0.717) is 33.7 Å². The fourth-order valence-electron chi connectivity index (χ4n) is 3.25. The van der Waals surface area contributed by atoms with Gasteiger partial charge < -0.3 is 20.1 Å². The summed E-state index contributed by atoms with van der Waals surface area (Å²) in [4.78, 5) is 25.2. The summed E-state index contributed by atoms with van der Waals surface area (Å²) in [5.74, 6) is 0.909. The molecule has 0 spiro atoms. The van der Waals surface area contributed by atoms with Crippen LogP contribution in [0.1, 0.15) is 12.5 Å². The van der Waals surface area contributed by atoms with Crippen LogP contribution in [-0.2, 0) is 9.59 Å². The molecule has 0 saturated heterocycles. The minimum Gasteiger partial charge on any atom is -0.497 e. The van der Waals surface area contributed by atoms with Gasteiger partial charge in [-0.1, -0.05) is 23.7 Å². The van der Waals surface area contributed by atoms with Gasteiger partial charge in [-0.05, 0) is 12.1 Å². The molecule has 154 valence electrons. The first-order chi connectivity index (χ1) is 14.5. The number of anilines is 2. The molecule has 0 radical (unpaired) electrons. The minimum atomic E-state index is -0.799. The number of hydrogen-bond acceptors (Lipinski definition) is 5. The van der Waals surface area contributed by atoms with Gasteiger partial charge in [0.2, 0.25) is 11.8 Å². The van der Waals surface area contributed by atoms with Crippen LogP contribution in [0.15, 0.2) is 48.5 Å². The molecule has 1 aliphatic rings. The molecule has 0 aliphatic carbocycles. The summed E-state index contributed by atoms with van der Waals surface area (Å²) >= 11 is 5.95. The normalized spacial score (nSPS) is 15.2. The maximum Gasteiger partial charge on any atom is 0.249 e. The Labute approximate surface area is 177 Å². The smallest absolute Gasteiger partial charge is 0.249 e. The lowest BCUT2D eigenvalue weighted by molar-refractivity contribution is -0.125. The van der Waals surface area contributed by atoms with E-state index in [-0.39, 0.29) is 18.2 Å². The van der Waals surface area contributed by atoms with Crippen molar-refractivity contribution in [2.24, 2.45) is 0 Å². The zero-order valence-corrected chi connectivity index (χ0v) is 17.1. The summed E-state index contributed by atoms with van der Waals surface area (Å²) < 4.78 is 12.0. The van der Waals surface area contributed by atoms with Crippen molar-refractivity contribution in [3.8, 4) is 22.8 Å². The number of halogens is 1. The van der Waals surface area contributed by atoms with Gasteiger partial charge >= 0.3 is 0 Å². The van der Waals surface area contributed by atoms with Gasteiger partial charge in [0.25, 0.3) is 0 Å². The van der Waals surface area contributed by atoms with Crippen molar-refractivity contribution in [1.29, 1.82) is 0 Å². The van der Waals surface area contributed by atoms with Gasteiger partial charge in [0.15, 0.2) is 0 Å². The Morgan fingerprint density at radius 1 is 1.13 bits per heavy atom. The Kier molecular flexibility index (Phi) is 5.33. The lowest BCUT2D eigenvalue weighted by Gasteiger charge is -2.23. The predicted molar refractivity (Wildman–Crippen MR) is 113 cm³/mol. The molecule has 1 aromatic heterocycles. The number of ether oxygens (including phenoxy) is 2. The molecular formula is C21H19ClN4O4. The van der Waals surface area contributed by atoms with Crippen molar-refractivity contribution >= 4 is 34.9 Å². The van der Waals surface area contributed by atoms with E-state index in [9.17, 15) is 9.59 Å². The summed E-state index contributed by atoms with van der Waals surface area (Å²) in [5.41, 5.74) is 1.95. The number of methoxy groups -OCH3 is 2. The summed E-state index contributed by atoms with van der Waals surface area (Å²) in [7, 11) is 3.06. The summed E-state index contributed by atoms with van der Waals surface area (Å²) in [6.07, 6.45) is -0.0261. The van der Waals surface area contributed by atoms with Crippen LogP contribution in [0.5, 0.6) is 11.5 Å². The van der Waals surface area contributed by atoms with Gasteiger partial charge in [-0.15, -0.1) is 0 Å². The molecule has 2 aromatic carbocycles. The lowest BCUT2D eigenvalue weighted by atomic mass is 10.1. The maximum absolute atomic E-state index is 13.0. The van der Waals surface area contributed by atoms with E-state index < -0.39 is 6.04 Å². The summed E-state index contributed by atoms with van der Waals surface area (Å²) in [6.45, 7) is 0. The Hall–Kier alpha value is -3.52. The van der Waals surface area contributed by atoms with E-state index in [1.807, 2.05) is 12.1 Å². The topological polar surface area (TPSA) is 94.5 Å². The molecule has 0 bridgehead atoms. The Bertz CT molecular complexity index is 1090. The molecule has 3 aromatic rings. The number of rotatable bonds is 5. The zero-order valence-electron chi connectivity index (χ0n) is 16.3. The van der Waals surface area contributed by atoms with Crippen LogP contribution in [-0.4, -0.2) is 35.8 Å². The quantitative estimate of drug-likeness (QED) is 0.648. The van der Waals surface area contributed by atoms with Crippen LogP contribution < -0.4 is 20.1 Å². The van der Waals surface area contributed by atoms with E-state index in [2.05, 4.69) is 15.7 Å². The molecule has 4 rings (SSSR count). The van der Waals surface area contributed by atoms with E-state index in [1.165, 1.54) is 18.9 Å². The number of nitrogens with zero attached hydrogens (tertiary/aromatic N) is 2. The van der Waals surface area contributed by atoms with Crippen molar-refractivity contribution in [2.45, 2.75) is 12.5 Å². The highest BCUT2D eigenvalue weighted by molar-refractivity contribution is 6.30. The van der Waals surface area contributed by atoms with Gasteiger partial charge in [-0.25, -0.2) is 4.68 Å². The Balaban J connectivity index is 1.63. The SMILES string of the molecule is COc1cc(NC(=O)[C@H]2CC(=O)Nc3cc(-c4ccc(Cl)cc4)nn32)cc(OC)c1. The van der Waals surface area contributed by atoms with E-state index >= 15 is 0 Å². The predicted octanol–water partition coefficient (Wildman–Crippen LogP) is 3.74. The monoisotopic (exact) mass is 426 g/mol. The molecule has 0 unspecified atom stereocenters. The number of carbonyl (C=O) groups excluding carboxylic acids is 2. The average molecular weight is 427 g/mol. The Morgan fingerprint density at radius 3 is 2.43 bits per heavy atom. The largest absolute Gasteiger partial charge is 0.497 e. The van der Waals surface area contributed by atoms with E-state index in [0.717, 1.165) is 5.56 Å². The first-order valence-corrected chi connectivity index (χ1v) is 9.54. The van der Waals surface area contributed by atoms with Gasteiger partial charge in [-0.3, -0.25) is 9.59 Å². The van der Waals surface area contributed by atoms with Crippen LogP contribution in [0.25, 0.3) is 11.3 Å². The number of amides is 2. The number of carbonyl (C=O) groups is 2. The molecule has 8 nitrogen and oxygen atoms in total. The molecule has 1 aliphatic heterocycles. The average Bonchev–Trinajstić information content (AvgIpc) is 3.17. The third-order valence-electron chi connectivity index (χ3n) is 4.74. The van der Waals surface area contributed by atoms with Crippen LogP contribution in [0, 0.1) is 0 Å². The van der Waals surface area contributed by atoms with Crippen molar-refractivity contribution < 1.29 is 19.1 Å². The number of fused-ring (bicyclic) bond motifs is 1. The molecular weight excluding hydrogens is 408 g/mol. The lowest BCUT2D eigenvalue weighted by Crippen LogP contribution is -2.35. The maximum atomic E-state index is 13.0. The molecule has 2 N–H and O–H groups in total. The molecule has 30 heavy (non-hydrogen) atoms. The minimum absolute atomic E-state index is 0.0261. The van der Waals surface area contributed by atoms with Crippen LogP contribution in [0.2, 0.25) is 5.02 Å². The van der Waals surface area contributed by atoms with Crippen LogP contribution >= 0.6 is 11.6 Å². The number of aromatic nitrogens is 2. The Morgan fingerprint density at radius 2 is 1.80 bits per heavy atom. The third kappa shape index (κ3) is 3.95. The van der Waals surface area contributed by atoms with Crippen LogP contribution in [0.3, 0.4) is 0 Å². The van der Waals surface area contributed by atoms with Crippen molar-refractivity contribution in [3.05, 3.63) is 53.6 Å². The fourth-order valence-corrected chi connectivity index (χ4v) is 3.38. The molecule has 9 heteroatoms. The van der Waals surface area contributed by atoms with Gasteiger partial charge in [-0.2, -0.15) is 5.10 Å². The highest BCUT2D eigenvalue weighted by Crippen LogP contribution is 2.32. The third-order valence-corrected chi connectivity index (χ3v) is 4.99. The van der Waals surface area contributed by atoms with Gasteiger partial charge in [0.1, 0.15) is 23.4 Å². The highest BCUT2D eigenvalue weighted by Gasteiger charge is 2.32. The second-order valence-corrected chi connectivity index (χ2v) is 7.16. The molecule has 2 heterocycles. The molecule has 0 saturated carbocycles. The second kappa shape index (κ2) is 8.08. The summed E-state index contributed by atoms with van der Waals surface area (Å²) in [5, 5.41) is 10.7. The van der Waals surface area contributed by atoms with Crippen molar-refractivity contribution in [2.75, 3.05) is 24.9 Å². The van der Waals surface area contributed by atoms with Crippen molar-refractivity contribution in [3.63, 3.8) is 0 Å². The summed E-state index contributed by atoms with van der Waals surface area (Å²) in [6, 6.07) is 13.2. The number of nitrogens with one attached hydrogen (secondary N) is 2. The molecule has 2 amide bonds. The highest BCUT2D eigenvalue weighted by atomic mass is 35.5. The molecule has 0 fully saturated rings. The van der Waals surface area contributed by atoms with Crippen LogP contribution in [0.4, 0.5) is 11.5 Å². The molecule has 1 atom stereocenters. The fraction of sp³-hybridized carbons (Fsp3) is 0.190. The zero-order chi connectivity index (χ0) is 21.3. The van der Waals surface area contributed by atoms with Gasteiger partial charge in [0.05, 0.1) is 26.3 Å². The van der Waals surface area contributed by atoms with E-state index in [4.69, 9.17) is 21.1 Å². The first kappa shape index (κ1) is 19.8. The number of hydrogen-bond donors (Lipinski definition) is 2. The van der Waals surface area contributed by atoms with Crippen molar-refractivity contribution in [1.82, 2.24) is 9.78 Å². The standard InChI is InChI=1S/C21H19ClN4O4/c1-29-15-7-14(8-16(9-15)30-2)23-21(28)18-11-20(27)24-19-10-17(25-26(18)19)12-3-5-13(22)6-4-12/h3-10,18H,11H2,1-2H3,(H,23,28)(H,24,27)/t18-/m1/s1. The number of benzene rings is 2.